The molecule has 1 rings (SSSR count). The van der Waals surface area contributed by atoms with E-state index in [1.807, 2.05) is 25.1 Å². The highest BCUT2D eigenvalue weighted by Crippen LogP contribution is 2.19. The highest BCUT2D eigenvalue weighted by Gasteiger charge is 1.98. The van der Waals surface area contributed by atoms with E-state index in [4.69, 9.17) is 4.74 Å². The van der Waals surface area contributed by atoms with Crippen LogP contribution in [0.4, 0.5) is 0 Å². The molecule has 0 radical (unpaired) electrons. The van der Waals surface area contributed by atoms with E-state index in [-0.39, 0.29) is 11.5 Å². The van der Waals surface area contributed by atoms with Gasteiger partial charge < -0.3 is 9.84 Å². The summed E-state index contributed by atoms with van der Waals surface area (Å²) in [7, 11) is 1.61. The summed E-state index contributed by atoms with van der Waals surface area (Å²) in [6.45, 7) is 3.35. The zero-order chi connectivity index (χ0) is 12.8. The molecule has 0 aromatic heterocycles. The van der Waals surface area contributed by atoms with E-state index in [1.165, 1.54) is 19.1 Å². The van der Waals surface area contributed by atoms with E-state index in [9.17, 15) is 9.90 Å². The van der Waals surface area contributed by atoms with Gasteiger partial charge in [-0.2, -0.15) is 0 Å². The molecule has 17 heavy (non-hydrogen) atoms. The molecule has 0 amide bonds. The van der Waals surface area contributed by atoms with Crippen LogP contribution in [0.15, 0.2) is 36.1 Å². The van der Waals surface area contributed by atoms with Crippen LogP contribution < -0.4 is 4.74 Å². The average Bonchev–Trinajstić information content (AvgIpc) is 2.27. The topological polar surface area (TPSA) is 46.5 Å². The van der Waals surface area contributed by atoms with Crippen molar-refractivity contribution in [1.82, 2.24) is 0 Å². The lowest BCUT2D eigenvalue weighted by Crippen LogP contribution is -1.88. The number of rotatable bonds is 4. The minimum absolute atomic E-state index is 0.0583. The van der Waals surface area contributed by atoms with E-state index in [2.05, 4.69) is 0 Å². The van der Waals surface area contributed by atoms with Gasteiger partial charge in [0, 0.05) is 6.08 Å². The highest BCUT2D eigenvalue weighted by atomic mass is 16.5. The first-order chi connectivity index (χ1) is 8.02. The van der Waals surface area contributed by atoms with Crippen LogP contribution >= 0.6 is 0 Å². The summed E-state index contributed by atoms with van der Waals surface area (Å²) in [5.41, 5.74) is 1.95. The van der Waals surface area contributed by atoms with Gasteiger partial charge in [0.2, 0.25) is 0 Å². The van der Waals surface area contributed by atoms with E-state index in [1.54, 1.807) is 13.2 Å². The quantitative estimate of drug-likeness (QED) is 0.493. The fourth-order valence-electron chi connectivity index (χ4n) is 1.38. The standard InChI is InChI=1S/C14H16O3/c1-10-4-5-12(9-14(10)17-3)6-7-13(16)8-11(2)15/h4-9,16H,1-3H3/b7-6+,13-8-. The minimum Gasteiger partial charge on any atom is -0.508 e. The summed E-state index contributed by atoms with van der Waals surface area (Å²) in [4.78, 5) is 10.7. The van der Waals surface area contributed by atoms with Crippen molar-refractivity contribution in [3.8, 4) is 5.75 Å². The van der Waals surface area contributed by atoms with Crippen LogP contribution in [0.1, 0.15) is 18.1 Å². The number of methoxy groups -OCH3 is 1. The first-order valence-corrected chi connectivity index (χ1v) is 5.27. The van der Waals surface area contributed by atoms with Crippen LogP contribution in [0, 0.1) is 6.92 Å². The van der Waals surface area contributed by atoms with Crippen molar-refractivity contribution < 1.29 is 14.6 Å². The van der Waals surface area contributed by atoms with Gasteiger partial charge in [-0.15, -0.1) is 0 Å². The first-order valence-electron chi connectivity index (χ1n) is 5.27. The summed E-state index contributed by atoms with van der Waals surface area (Å²) in [5, 5.41) is 9.38. The Morgan fingerprint density at radius 3 is 2.71 bits per heavy atom. The maximum absolute atomic E-state index is 10.7. The van der Waals surface area contributed by atoms with Gasteiger partial charge in [0.25, 0.3) is 0 Å². The number of carbonyl (C=O) groups is 1. The Balaban J connectivity index is 2.89. The van der Waals surface area contributed by atoms with Crippen molar-refractivity contribution in [2.45, 2.75) is 13.8 Å². The van der Waals surface area contributed by atoms with Crippen molar-refractivity contribution in [1.29, 1.82) is 0 Å². The number of benzene rings is 1. The molecule has 0 spiro atoms. The third kappa shape index (κ3) is 4.15. The predicted octanol–water partition coefficient (Wildman–Crippen LogP) is 3.05. The first kappa shape index (κ1) is 13.0. The van der Waals surface area contributed by atoms with Crippen molar-refractivity contribution in [3.63, 3.8) is 0 Å². The van der Waals surface area contributed by atoms with Gasteiger partial charge in [0.1, 0.15) is 11.5 Å². The van der Waals surface area contributed by atoms with Gasteiger partial charge in [0.15, 0.2) is 5.78 Å². The number of aliphatic hydroxyl groups is 1. The number of ether oxygens (including phenoxy) is 1. The molecule has 90 valence electrons. The van der Waals surface area contributed by atoms with Crippen LogP contribution in [0.5, 0.6) is 5.75 Å². The molecule has 0 aliphatic heterocycles. The average molecular weight is 232 g/mol. The SMILES string of the molecule is COc1cc(/C=C/C(O)=C/C(C)=O)ccc1C. The fraction of sp³-hybridized carbons (Fsp3) is 0.214. The molecule has 0 saturated heterocycles. The summed E-state index contributed by atoms with van der Waals surface area (Å²) in [6.07, 6.45) is 4.37. The number of ketones is 1. The zero-order valence-electron chi connectivity index (χ0n) is 10.2. The second-order valence-corrected chi connectivity index (χ2v) is 3.74. The Morgan fingerprint density at radius 1 is 1.41 bits per heavy atom. The third-order valence-corrected chi connectivity index (χ3v) is 2.23. The molecule has 0 aliphatic rings. The molecule has 1 aromatic carbocycles. The van der Waals surface area contributed by atoms with Crippen molar-refractivity contribution in [2.75, 3.05) is 7.11 Å². The van der Waals surface area contributed by atoms with Gasteiger partial charge >= 0.3 is 0 Å². The number of hydrogen-bond donors (Lipinski definition) is 1. The largest absolute Gasteiger partial charge is 0.508 e. The van der Waals surface area contributed by atoms with E-state index in [0.717, 1.165) is 16.9 Å². The van der Waals surface area contributed by atoms with Crippen LogP contribution in [0.25, 0.3) is 6.08 Å². The summed E-state index contributed by atoms with van der Waals surface area (Å²) in [5.74, 6) is 0.549. The lowest BCUT2D eigenvalue weighted by atomic mass is 10.1. The van der Waals surface area contributed by atoms with Crippen molar-refractivity contribution in [3.05, 3.63) is 47.2 Å². The Labute approximate surface area is 101 Å². The Bertz CT molecular complexity index is 470. The highest BCUT2D eigenvalue weighted by molar-refractivity contribution is 5.88. The maximum atomic E-state index is 10.7. The molecule has 0 unspecified atom stereocenters. The molecule has 0 heterocycles. The predicted molar refractivity (Wildman–Crippen MR) is 68.2 cm³/mol. The van der Waals surface area contributed by atoms with Gasteiger partial charge in [-0.25, -0.2) is 0 Å². The molecular weight excluding hydrogens is 216 g/mol. The van der Waals surface area contributed by atoms with Crippen LogP contribution in [0.2, 0.25) is 0 Å². The van der Waals surface area contributed by atoms with Crippen LogP contribution in [-0.4, -0.2) is 18.0 Å². The molecule has 0 aliphatic carbocycles. The monoisotopic (exact) mass is 232 g/mol. The smallest absolute Gasteiger partial charge is 0.156 e. The van der Waals surface area contributed by atoms with Crippen LogP contribution in [0.3, 0.4) is 0 Å². The van der Waals surface area contributed by atoms with E-state index >= 15 is 0 Å². The number of allylic oxidation sites excluding steroid dienone is 2. The molecule has 1 aromatic rings. The Kier molecular flexibility index (Phi) is 4.52. The zero-order valence-corrected chi connectivity index (χ0v) is 10.2. The van der Waals surface area contributed by atoms with Crippen molar-refractivity contribution in [2.24, 2.45) is 0 Å². The lowest BCUT2D eigenvalue weighted by molar-refractivity contribution is -0.112. The molecule has 3 nitrogen and oxygen atoms in total. The summed E-state index contributed by atoms with van der Waals surface area (Å²) < 4.78 is 5.19. The van der Waals surface area contributed by atoms with Gasteiger partial charge in [0.05, 0.1) is 7.11 Å². The van der Waals surface area contributed by atoms with E-state index < -0.39 is 0 Å². The second-order valence-electron chi connectivity index (χ2n) is 3.74. The molecule has 1 N–H and O–H groups in total. The number of aliphatic hydroxyl groups excluding tert-OH is 1. The Morgan fingerprint density at radius 2 is 2.12 bits per heavy atom. The molecular formula is C14H16O3. The molecule has 3 heteroatoms. The van der Waals surface area contributed by atoms with Crippen molar-refractivity contribution >= 4 is 11.9 Å². The fourth-order valence-corrected chi connectivity index (χ4v) is 1.38. The summed E-state index contributed by atoms with van der Waals surface area (Å²) >= 11 is 0. The van der Waals surface area contributed by atoms with Gasteiger partial charge in [-0.1, -0.05) is 18.2 Å². The Hall–Kier alpha value is -2.03. The van der Waals surface area contributed by atoms with E-state index in [0.29, 0.717) is 0 Å². The molecule has 0 fully saturated rings. The number of hydrogen-bond acceptors (Lipinski definition) is 3. The lowest BCUT2D eigenvalue weighted by Gasteiger charge is -2.04. The second kappa shape index (κ2) is 5.89. The molecule has 0 bridgehead atoms. The molecule has 0 atom stereocenters. The van der Waals surface area contributed by atoms with Gasteiger partial charge in [-0.3, -0.25) is 4.79 Å². The normalized spacial score (nSPS) is 11.8. The minimum atomic E-state index is -0.186. The molecule has 0 saturated carbocycles. The maximum Gasteiger partial charge on any atom is 0.156 e. The number of carbonyl (C=O) groups excluding carboxylic acids is 1. The van der Waals surface area contributed by atoms with Crippen LogP contribution in [-0.2, 0) is 4.79 Å². The number of aryl methyl sites for hydroxylation is 1. The van der Waals surface area contributed by atoms with Gasteiger partial charge in [-0.05, 0) is 37.1 Å². The summed E-state index contributed by atoms with van der Waals surface area (Å²) in [6, 6.07) is 5.71. The third-order valence-electron chi connectivity index (χ3n) is 2.23.